The number of methoxy groups -OCH3 is 1. The molecule has 1 heterocycles. The lowest BCUT2D eigenvalue weighted by Crippen LogP contribution is -2.30. The summed E-state index contributed by atoms with van der Waals surface area (Å²) >= 11 is 0. The van der Waals surface area contributed by atoms with E-state index in [1.54, 1.807) is 7.11 Å². The molecule has 0 saturated heterocycles. The summed E-state index contributed by atoms with van der Waals surface area (Å²) in [5, 5.41) is 16.2. The summed E-state index contributed by atoms with van der Waals surface area (Å²) in [5.74, 6) is 2.07. The molecule has 3 N–H and O–H groups in total. The summed E-state index contributed by atoms with van der Waals surface area (Å²) in [5.41, 5.74) is 2.59. The lowest BCUT2D eigenvalue weighted by molar-refractivity contribution is 0.248. The molecule has 0 saturated carbocycles. The predicted molar refractivity (Wildman–Crippen MR) is 113 cm³/mol. The van der Waals surface area contributed by atoms with Gasteiger partial charge in [-0.05, 0) is 18.1 Å². The topological polar surface area (TPSA) is 79.3 Å². The number of benzene rings is 2. The number of nitrogens with zero attached hydrogens (tertiary/aromatic N) is 2. The summed E-state index contributed by atoms with van der Waals surface area (Å²) in [6.07, 6.45) is 0. The molecule has 0 unspecified atom stereocenters. The molecule has 6 nitrogen and oxygen atoms in total. The van der Waals surface area contributed by atoms with Gasteiger partial charge >= 0.3 is 0 Å². The molecule has 0 aliphatic heterocycles. The van der Waals surface area contributed by atoms with E-state index in [0.717, 1.165) is 22.7 Å². The fraction of sp³-hybridized carbons (Fsp3) is 0.273. The summed E-state index contributed by atoms with van der Waals surface area (Å²) in [7, 11) is 1.64. The lowest BCUT2D eigenvalue weighted by Gasteiger charge is -2.21. The largest absolute Gasteiger partial charge is 0.495 e. The number of hydrogen-bond acceptors (Lipinski definition) is 6. The minimum atomic E-state index is -0.134. The van der Waals surface area contributed by atoms with E-state index in [9.17, 15) is 5.11 Å². The SMILES string of the molecule is COc1ccccc1Nc1cc(-c2ccccc2)nc(N[C@H](CO)C(C)C)n1. The molecular formula is C22H26N4O2. The second kappa shape index (κ2) is 9.19. The van der Waals surface area contributed by atoms with Crippen LogP contribution in [-0.2, 0) is 0 Å². The molecule has 0 amide bonds. The molecule has 0 aliphatic rings. The molecule has 3 rings (SSSR count). The first-order chi connectivity index (χ1) is 13.6. The van der Waals surface area contributed by atoms with Gasteiger partial charge in [-0.25, -0.2) is 4.98 Å². The first-order valence-corrected chi connectivity index (χ1v) is 9.32. The highest BCUT2D eigenvalue weighted by Crippen LogP contribution is 2.29. The zero-order valence-electron chi connectivity index (χ0n) is 16.4. The molecule has 2 aromatic carbocycles. The lowest BCUT2D eigenvalue weighted by atomic mass is 10.1. The Bertz CT molecular complexity index is 900. The molecule has 3 aromatic rings. The third kappa shape index (κ3) is 4.78. The number of aromatic nitrogens is 2. The van der Waals surface area contributed by atoms with Crippen molar-refractivity contribution in [2.24, 2.45) is 5.92 Å². The van der Waals surface area contributed by atoms with Crippen molar-refractivity contribution in [3.8, 4) is 17.0 Å². The van der Waals surface area contributed by atoms with E-state index in [4.69, 9.17) is 4.74 Å². The number of nitrogens with one attached hydrogen (secondary N) is 2. The second-order valence-corrected chi connectivity index (χ2v) is 6.83. The van der Waals surface area contributed by atoms with Crippen molar-refractivity contribution >= 4 is 17.5 Å². The number of aliphatic hydroxyl groups excluding tert-OH is 1. The normalized spacial score (nSPS) is 11.9. The van der Waals surface area contributed by atoms with Gasteiger partial charge in [0, 0.05) is 11.6 Å². The van der Waals surface area contributed by atoms with Crippen LogP contribution >= 0.6 is 0 Å². The molecule has 6 heteroatoms. The Balaban J connectivity index is 1.99. The fourth-order valence-corrected chi connectivity index (χ4v) is 2.81. The standard InChI is InChI=1S/C22H26N4O2/c1-15(2)19(14-27)25-22-24-18(16-9-5-4-6-10-16)13-21(26-22)23-17-11-7-8-12-20(17)28-3/h4-13,15,19,27H,14H2,1-3H3,(H2,23,24,25,26)/t19-/m1/s1. The minimum Gasteiger partial charge on any atom is -0.495 e. The van der Waals surface area contributed by atoms with Gasteiger partial charge in [0.25, 0.3) is 0 Å². The molecule has 1 aromatic heterocycles. The predicted octanol–water partition coefficient (Wildman–Crippen LogP) is 4.32. The number of hydrogen-bond donors (Lipinski definition) is 3. The fourth-order valence-electron chi connectivity index (χ4n) is 2.81. The average Bonchev–Trinajstić information content (AvgIpc) is 2.72. The third-order valence-corrected chi connectivity index (χ3v) is 4.48. The van der Waals surface area contributed by atoms with Crippen LogP contribution < -0.4 is 15.4 Å². The van der Waals surface area contributed by atoms with Crippen molar-refractivity contribution in [3.05, 3.63) is 60.7 Å². The van der Waals surface area contributed by atoms with Crippen molar-refractivity contribution in [3.63, 3.8) is 0 Å². The van der Waals surface area contributed by atoms with Crippen LogP contribution in [0.4, 0.5) is 17.5 Å². The highest BCUT2D eigenvalue weighted by molar-refractivity contribution is 5.69. The Morgan fingerprint density at radius 1 is 1.00 bits per heavy atom. The van der Waals surface area contributed by atoms with E-state index in [1.807, 2.05) is 74.5 Å². The van der Waals surface area contributed by atoms with E-state index < -0.39 is 0 Å². The maximum atomic E-state index is 9.67. The summed E-state index contributed by atoms with van der Waals surface area (Å²) in [6, 6.07) is 19.4. The molecule has 0 spiro atoms. The van der Waals surface area contributed by atoms with Crippen LogP contribution in [0.1, 0.15) is 13.8 Å². The molecule has 0 radical (unpaired) electrons. The van der Waals surface area contributed by atoms with Crippen molar-refractivity contribution < 1.29 is 9.84 Å². The van der Waals surface area contributed by atoms with Gasteiger partial charge in [-0.1, -0.05) is 56.3 Å². The number of ether oxygens (including phenoxy) is 1. The van der Waals surface area contributed by atoms with E-state index in [2.05, 4.69) is 20.6 Å². The monoisotopic (exact) mass is 378 g/mol. The van der Waals surface area contributed by atoms with Crippen molar-refractivity contribution in [2.75, 3.05) is 24.4 Å². The van der Waals surface area contributed by atoms with E-state index in [0.29, 0.717) is 11.8 Å². The molecular weight excluding hydrogens is 352 g/mol. The van der Waals surface area contributed by atoms with Gasteiger partial charge in [-0.3, -0.25) is 0 Å². The van der Waals surface area contributed by atoms with Crippen LogP contribution in [0.2, 0.25) is 0 Å². The van der Waals surface area contributed by atoms with Crippen LogP contribution in [0, 0.1) is 5.92 Å². The molecule has 1 atom stereocenters. The van der Waals surface area contributed by atoms with Gasteiger partial charge in [-0.15, -0.1) is 0 Å². The van der Waals surface area contributed by atoms with Crippen molar-refractivity contribution in [2.45, 2.75) is 19.9 Å². The number of para-hydroxylation sites is 2. The van der Waals surface area contributed by atoms with Crippen LogP contribution in [0.5, 0.6) is 5.75 Å². The Morgan fingerprint density at radius 2 is 1.71 bits per heavy atom. The molecule has 28 heavy (non-hydrogen) atoms. The number of aliphatic hydroxyl groups is 1. The van der Waals surface area contributed by atoms with Gasteiger partial charge in [0.2, 0.25) is 5.95 Å². The van der Waals surface area contributed by atoms with Gasteiger partial charge in [0.15, 0.2) is 0 Å². The van der Waals surface area contributed by atoms with E-state index >= 15 is 0 Å². The molecule has 0 fully saturated rings. The highest BCUT2D eigenvalue weighted by Gasteiger charge is 2.15. The molecule has 0 bridgehead atoms. The zero-order valence-corrected chi connectivity index (χ0v) is 16.4. The van der Waals surface area contributed by atoms with Crippen molar-refractivity contribution in [1.29, 1.82) is 0 Å². The van der Waals surface area contributed by atoms with Gasteiger partial charge in [0.1, 0.15) is 11.6 Å². The quantitative estimate of drug-likeness (QED) is 0.542. The second-order valence-electron chi connectivity index (χ2n) is 6.83. The van der Waals surface area contributed by atoms with E-state index in [-0.39, 0.29) is 18.6 Å². The highest BCUT2D eigenvalue weighted by atomic mass is 16.5. The number of rotatable bonds is 8. The van der Waals surface area contributed by atoms with Crippen LogP contribution in [0.3, 0.4) is 0 Å². The van der Waals surface area contributed by atoms with E-state index in [1.165, 1.54) is 0 Å². The molecule has 0 aliphatic carbocycles. The Hall–Kier alpha value is -3.12. The third-order valence-electron chi connectivity index (χ3n) is 4.48. The zero-order chi connectivity index (χ0) is 19.9. The Labute approximate surface area is 165 Å². The van der Waals surface area contributed by atoms with Crippen molar-refractivity contribution in [1.82, 2.24) is 9.97 Å². The minimum absolute atomic E-state index is 0.00581. The van der Waals surface area contributed by atoms with Gasteiger partial charge in [-0.2, -0.15) is 4.98 Å². The Morgan fingerprint density at radius 3 is 2.39 bits per heavy atom. The Kier molecular flexibility index (Phi) is 6.45. The summed E-state index contributed by atoms with van der Waals surface area (Å²) in [6.45, 7) is 4.09. The van der Waals surface area contributed by atoms with Gasteiger partial charge < -0.3 is 20.5 Å². The van der Waals surface area contributed by atoms with Gasteiger partial charge in [0.05, 0.1) is 31.1 Å². The first kappa shape index (κ1) is 19.6. The first-order valence-electron chi connectivity index (χ1n) is 9.32. The van der Waals surface area contributed by atoms with Crippen LogP contribution in [-0.4, -0.2) is 34.8 Å². The maximum Gasteiger partial charge on any atom is 0.225 e. The number of anilines is 3. The van der Waals surface area contributed by atoms with Crippen LogP contribution in [0.25, 0.3) is 11.3 Å². The summed E-state index contributed by atoms with van der Waals surface area (Å²) < 4.78 is 5.42. The van der Waals surface area contributed by atoms with Crippen LogP contribution in [0.15, 0.2) is 60.7 Å². The summed E-state index contributed by atoms with van der Waals surface area (Å²) in [4.78, 5) is 9.25. The smallest absolute Gasteiger partial charge is 0.225 e. The molecule has 146 valence electrons. The maximum absolute atomic E-state index is 9.67. The average molecular weight is 378 g/mol.